The van der Waals surface area contributed by atoms with Crippen LogP contribution in [0.15, 0.2) is 12.1 Å². The molecule has 4 bridgehead atoms. The summed E-state index contributed by atoms with van der Waals surface area (Å²) in [6, 6.07) is 2.67. The summed E-state index contributed by atoms with van der Waals surface area (Å²) in [5.41, 5.74) is 0.448. The van der Waals surface area contributed by atoms with E-state index in [4.69, 9.17) is 4.74 Å². The average molecular weight is 473 g/mol. The van der Waals surface area contributed by atoms with Crippen LogP contribution in [0.5, 0.6) is 0 Å². The van der Waals surface area contributed by atoms with Crippen LogP contribution in [0.4, 0.5) is 21.5 Å². The molecule has 9 heteroatoms. The second-order valence-electron chi connectivity index (χ2n) is 11.1. The normalized spacial score (nSPS) is 32.9. The number of piperazine rings is 1. The number of carbonyl (C=O) groups is 1. The van der Waals surface area contributed by atoms with E-state index in [2.05, 4.69) is 0 Å². The summed E-state index contributed by atoms with van der Waals surface area (Å²) in [7, 11) is 0. The number of nitrogens with zero attached hydrogens (tertiary/aromatic N) is 4. The first-order chi connectivity index (χ1) is 16.4. The molecule has 6 fully saturated rings. The van der Waals surface area contributed by atoms with E-state index in [1.165, 1.54) is 19.3 Å². The number of rotatable bonds is 4. The SMILES string of the molecule is O=C(N1CCN(c2cc(N3CCOCC3)c(F)cc2[N+](=O)[O-])CC1)C12CC3CC(CC(C3)C1)C2. The summed E-state index contributed by atoms with van der Waals surface area (Å²) in [6.45, 7) is 4.29. The Morgan fingerprint density at radius 1 is 0.912 bits per heavy atom. The van der Waals surface area contributed by atoms with Crippen LogP contribution in [0.1, 0.15) is 38.5 Å². The maximum Gasteiger partial charge on any atom is 0.295 e. The number of nitro benzene ring substituents is 1. The number of carbonyl (C=O) groups excluding carboxylic acids is 1. The van der Waals surface area contributed by atoms with Crippen molar-refractivity contribution in [1.82, 2.24) is 4.90 Å². The number of ether oxygens (including phenoxy) is 1. The molecule has 2 aliphatic heterocycles. The Hall–Kier alpha value is -2.42. The topological polar surface area (TPSA) is 79.2 Å². The quantitative estimate of drug-likeness (QED) is 0.494. The summed E-state index contributed by atoms with van der Waals surface area (Å²) >= 11 is 0. The van der Waals surface area contributed by atoms with Gasteiger partial charge in [-0.2, -0.15) is 0 Å². The minimum Gasteiger partial charge on any atom is -0.378 e. The van der Waals surface area contributed by atoms with Gasteiger partial charge in [0, 0.05) is 39.3 Å². The molecule has 4 saturated carbocycles. The van der Waals surface area contributed by atoms with Gasteiger partial charge < -0.3 is 19.4 Å². The van der Waals surface area contributed by atoms with Crippen molar-refractivity contribution in [2.75, 3.05) is 62.3 Å². The molecule has 1 aromatic carbocycles. The van der Waals surface area contributed by atoms with Crippen molar-refractivity contribution in [1.29, 1.82) is 0 Å². The van der Waals surface area contributed by atoms with Crippen molar-refractivity contribution in [2.24, 2.45) is 23.2 Å². The maximum atomic E-state index is 14.8. The molecule has 184 valence electrons. The van der Waals surface area contributed by atoms with Crippen LogP contribution in [0, 0.1) is 39.1 Å². The molecule has 7 rings (SSSR count). The van der Waals surface area contributed by atoms with Crippen molar-refractivity contribution in [2.45, 2.75) is 38.5 Å². The maximum absolute atomic E-state index is 14.8. The zero-order valence-electron chi connectivity index (χ0n) is 19.6. The van der Waals surface area contributed by atoms with Crippen molar-refractivity contribution < 1.29 is 18.8 Å². The van der Waals surface area contributed by atoms with Gasteiger partial charge in [-0.1, -0.05) is 0 Å². The van der Waals surface area contributed by atoms with Crippen LogP contribution >= 0.6 is 0 Å². The number of hydrogen-bond donors (Lipinski definition) is 0. The lowest BCUT2D eigenvalue weighted by atomic mass is 9.49. The highest BCUT2D eigenvalue weighted by molar-refractivity contribution is 5.84. The molecule has 0 unspecified atom stereocenters. The number of anilines is 2. The van der Waals surface area contributed by atoms with Crippen LogP contribution in [0.3, 0.4) is 0 Å². The molecule has 0 radical (unpaired) electrons. The molecule has 34 heavy (non-hydrogen) atoms. The van der Waals surface area contributed by atoms with Gasteiger partial charge in [0.1, 0.15) is 5.69 Å². The van der Waals surface area contributed by atoms with E-state index in [1.54, 1.807) is 6.07 Å². The lowest BCUT2D eigenvalue weighted by Crippen LogP contribution is -2.58. The van der Waals surface area contributed by atoms with Gasteiger partial charge in [-0.25, -0.2) is 4.39 Å². The Kier molecular flexibility index (Phi) is 5.43. The summed E-state index contributed by atoms with van der Waals surface area (Å²) < 4.78 is 20.2. The first-order valence-corrected chi connectivity index (χ1v) is 12.8. The van der Waals surface area contributed by atoms with Crippen LogP contribution in [0.25, 0.3) is 0 Å². The number of morpholine rings is 1. The molecule has 2 saturated heterocycles. The van der Waals surface area contributed by atoms with E-state index in [1.807, 2.05) is 14.7 Å². The van der Waals surface area contributed by atoms with Crippen molar-refractivity contribution in [3.05, 3.63) is 28.1 Å². The third kappa shape index (κ3) is 3.72. The summed E-state index contributed by atoms with van der Waals surface area (Å²) in [6.07, 6.45) is 7.05. The Bertz CT molecular complexity index is 952. The van der Waals surface area contributed by atoms with Gasteiger partial charge in [0.15, 0.2) is 5.82 Å². The van der Waals surface area contributed by atoms with E-state index in [0.29, 0.717) is 69.8 Å². The van der Waals surface area contributed by atoms with Gasteiger partial charge in [-0.05, 0) is 62.3 Å². The number of nitro groups is 1. The van der Waals surface area contributed by atoms with Gasteiger partial charge in [0.05, 0.1) is 35.3 Å². The van der Waals surface area contributed by atoms with Gasteiger partial charge in [-0.3, -0.25) is 14.9 Å². The Balaban J connectivity index is 1.19. The van der Waals surface area contributed by atoms with E-state index >= 15 is 0 Å². The third-order valence-corrected chi connectivity index (χ3v) is 8.99. The molecule has 8 nitrogen and oxygen atoms in total. The smallest absolute Gasteiger partial charge is 0.295 e. The van der Waals surface area contributed by atoms with Gasteiger partial charge in [-0.15, -0.1) is 0 Å². The van der Waals surface area contributed by atoms with Crippen molar-refractivity contribution in [3.8, 4) is 0 Å². The molecule has 0 aromatic heterocycles. The molecule has 2 heterocycles. The molecule has 0 N–H and O–H groups in total. The molecule has 0 atom stereocenters. The molecule has 1 aromatic rings. The minimum atomic E-state index is -0.576. The predicted molar refractivity (Wildman–Crippen MR) is 125 cm³/mol. The zero-order chi connectivity index (χ0) is 23.4. The third-order valence-electron chi connectivity index (χ3n) is 8.99. The Labute approximate surface area is 199 Å². The standard InChI is InChI=1S/C25H33FN4O4/c26-20-12-23(30(32)33)22(13-21(20)28-5-7-34-8-6-28)27-1-3-29(4-2-27)24(31)25-14-17-9-18(15-25)11-19(10-17)16-25/h12-13,17-19H,1-11,14-16H2. The molecule has 4 aliphatic carbocycles. The fraction of sp³-hybridized carbons (Fsp3) is 0.720. The van der Waals surface area contributed by atoms with Crippen LogP contribution < -0.4 is 9.80 Å². The van der Waals surface area contributed by atoms with Gasteiger partial charge in [0.2, 0.25) is 5.91 Å². The number of hydrogen-bond acceptors (Lipinski definition) is 6. The zero-order valence-corrected chi connectivity index (χ0v) is 19.6. The second kappa shape index (κ2) is 8.36. The molecule has 6 aliphatic rings. The summed E-state index contributed by atoms with van der Waals surface area (Å²) in [4.78, 5) is 30.8. The Morgan fingerprint density at radius 2 is 1.47 bits per heavy atom. The highest BCUT2D eigenvalue weighted by Crippen LogP contribution is 2.60. The lowest BCUT2D eigenvalue weighted by Gasteiger charge is -2.57. The second-order valence-corrected chi connectivity index (χ2v) is 11.1. The highest BCUT2D eigenvalue weighted by Gasteiger charge is 2.55. The minimum absolute atomic E-state index is 0.164. The van der Waals surface area contributed by atoms with E-state index in [0.717, 1.165) is 43.1 Å². The fourth-order valence-corrected chi connectivity index (χ4v) is 7.84. The lowest BCUT2D eigenvalue weighted by molar-refractivity contribution is -0.384. The summed E-state index contributed by atoms with van der Waals surface area (Å²) in [5, 5.41) is 11.8. The Morgan fingerprint density at radius 3 is 2.03 bits per heavy atom. The highest BCUT2D eigenvalue weighted by atomic mass is 19.1. The van der Waals surface area contributed by atoms with Crippen molar-refractivity contribution >= 4 is 23.0 Å². The number of amides is 1. The molecular weight excluding hydrogens is 439 g/mol. The first-order valence-electron chi connectivity index (χ1n) is 12.8. The first kappa shape index (κ1) is 22.1. The molecule has 0 spiro atoms. The van der Waals surface area contributed by atoms with Crippen LogP contribution in [-0.2, 0) is 9.53 Å². The predicted octanol–water partition coefficient (Wildman–Crippen LogP) is 3.44. The molecular formula is C25H33FN4O4. The van der Waals surface area contributed by atoms with Crippen molar-refractivity contribution in [3.63, 3.8) is 0 Å². The van der Waals surface area contributed by atoms with Gasteiger partial charge >= 0.3 is 0 Å². The fourth-order valence-electron chi connectivity index (χ4n) is 7.84. The summed E-state index contributed by atoms with van der Waals surface area (Å²) in [5.74, 6) is 1.90. The number of benzene rings is 1. The monoisotopic (exact) mass is 472 g/mol. The van der Waals surface area contributed by atoms with Gasteiger partial charge in [0.25, 0.3) is 5.69 Å². The van der Waals surface area contributed by atoms with Crippen LogP contribution in [-0.4, -0.2) is 68.2 Å². The van der Waals surface area contributed by atoms with E-state index in [-0.39, 0.29) is 11.1 Å². The number of halogens is 1. The van der Waals surface area contributed by atoms with E-state index < -0.39 is 10.7 Å². The largest absolute Gasteiger partial charge is 0.378 e. The van der Waals surface area contributed by atoms with Crippen LogP contribution in [0.2, 0.25) is 0 Å². The molecule has 1 amide bonds. The average Bonchev–Trinajstić information content (AvgIpc) is 2.83. The van der Waals surface area contributed by atoms with E-state index in [9.17, 15) is 19.3 Å².